The number of carbonyl (C=O) groups is 3. The van der Waals surface area contributed by atoms with E-state index in [0.717, 1.165) is 0 Å². The van der Waals surface area contributed by atoms with E-state index in [9.17, 15) is 14.4 Å². The van der Waals surface area contributed by atoms with E-state index in [2.05, 4.69) is 5.32 Å². The lowest BCUT2D eigenvalue weighted by atomic mass is 9.94. The molecule has 3 rings (SSSR count). The van der Waals surface area contributed by atoms with Crippen LogP contribution in [0.4, 0.5) is 10.5 Å². The van der Waals surface area contributed by atoms with Crippen molar-refractivity contribution in [3.8, 4) is 0 Å². The molecular formula is C23H24N2O6. The number of hydrogen-bond acceptors (Lipinski definition) is 6. The molecule has 162 valence electrons. The standard InChI is InChI=1S/C23H24N2O6/c1-15-19(22(27)31-14-13-29-2)20(16-9-11-17(12-10-16)21(26)30-3)24-23(28)25(15)18-7-5-4-6-8-18/h4-12,20H,13-14H2,1-3H3,(H,24,28)/t20-/m0/s1. The number of anilines is 1. The number of benzene rings is 2. The zero-order valence-electron chi connectivity index (χ0n) is 17.6. The molecule has 1 aliphatic rings. The van der Waals surface area contributed by atoms with Crippen LogP contribution in [-0.4, -0.2) is 45.4 Å². The number of para-hydroxylation sites is 1. The summed E-state index contributed by atoms with van der Waals surface area (Å²) in [4.78, 5) is 39.1. The summed E-state index contributed by atoms with van der Waals surface area (Å²) in [6.07, 6.45) is 0. The summed E-state index contributed by atoms with van der Waals surface area (Å²) in [6.45, 7) is 2.04. The number of amides is 2. The number of ether oxygens (including phenoxy) is 3. The van der Waals surface area contributed by atoms with Crippen LogP contribution in [0.5, 0.6) is 0 Å². The summed E-state index contributed by atoms with van der Waals surface area (Å²) in [5, 5.41) is 2.88. The normalized spacial score (nSPS) is 16.0. The minimum Gasteiger partial charge on any atom is -0.465 e. The Bertz CT molecular complexity index is 985. The lowest BCUT2D eigenvalue weighted by Gasteiger charge is -2.35. The molecule has 8 heteroatoms. The Morgan fingerprint density at radius 1 is 0.968 bits per heavy atom. The second kappa shape index (κ2) is 9.90. The van der Waals surface area contributed by atoms with Crippen molar-refractivity contribution < 1.29 is 28.6 Å². The van der Waals surface area contributed by atoms with Crippen molar-refractivity contribution in [3.05, 3.63) is 77.0 Å². The molecule has 0 bridgehead atoms. The van der Waals surface area contributed by atoms with Gasteiger partial charge in [-0.3, -0.25) is 4.90 Å². The van der Waals surface area contributed by atoms with Crippen LogP contribution in [0.25, 0.3) is 0 Å². The van der Waals surface area contributed by atoms with E-state index < -0.39 is 18.0 Å². The minimum atomic E-state index is -0.741. The maximum Gasteiger partial charge on any atom is 0.338 e. The van der Waals surface area contributed by atoms with Gasteiger partial charge in [0, 0.05) is 12.8 Å². The molecule has 0 saturated heterocycles. The molecule has 1 atom stereocenters. The molecule has 2 aromatic carbocycles. The van der Waals surface area contributed by atoms with Crippen LogP contribution in [0.1, 0.15) is 28.9 Å². The van der Waals surface area contributed by atoms with Gasteiger partial charge in [0.25, 0.3) is 0 Å². The largest absolute Gasteiger partial charge is 0.465 e. The summed E-state index contributed by atoms with van der Waals surface area (Å²) < 4.78 is 15.0. The summed E-state index contributed by atoms with van der Waals surface area (Å²) >= 11 is 0. The zero-order valence-corrected chi connectivity index (χ0v) is 17.6. The Balaban J connectivity index is 2.03. The van der Waals surface area contributed by atoms with Gasteiger partial charge in [-0.1, -0.05) is 30.3 Å². The number of allylic oxidation sites excluding steroid dienone is 1. The molecular weight excluding hydrogens is 400 g/mol. The van der Waals surface area contributed by atoms with Crippen molar-refractivity contribution in [1.29, 1.82) is 0 Å². The first kappa shape index (κ1) is 22.0. The van der Waals surface area contributed by atoms with Crippen LogP contribution < -0.4 is 10.2 Å². The summed E-state index contributed by atoms with van der Waals surface area (Å²) in [5.74, 6) is -1.03. The second-order valence-corrected chi connectivity index (χ2v) is 6.79. The van der Waals surface area contributed by atoms with Gasteiger partial charge in [0.15, 0.2) is 0 Å². The number of methoxy groups -OCH3 is 2. The smallest absolute Gasteiger partial charge is 0.338 e. The fourth-order valence-electron chi connectivity index (χ4n) is 3.37. The third-order valence-electron chi connectivity index (χ3n) is 4.90. The number of hydrogen-bond donors (Lipinski definition) is 1. The molecule has 0 spiro atoms. The molecule has 8 nitrogen and oxygen atoms in total. The van der Waals surface area contributed by atoms with Gasteiger partial charge >= 0.3 is 18.0 Å². The Kier molecular flexibility index (Phi) is 7.04. The monoisotopic (exact) mass is 424 g/mol. The number of esters is 2. The van der Waals surface area contributed by atoms with E-state index >= 15 is 0 Å². The van der Waals surface area contributed by atoms with E-state index in [1.165, 1.54) is 19.1 Å². The van der Waals surface area contributed by atoms with E-state index in [1.807, 2.05) is 18.2 Å². The fraction of sp³-hybridized carbons (Fsp3) is 0.261. The van der Waals surface area contributed by atoms with Crippen LogP contribution in [0.3, 0.4) is 0 Å². The van der Waals surface area contributed by atoms with Crippen molar-refractivity contribution in [1.82, 2.24) is 5.32 Å². The lowest BCUT2D eigenvalue weighted by molar-refractivity contribution is -0.140. The maximum atomic E-state index is 13.0. The number of rotatable bonds is 7. The predicted octanol–water partition coefficient (Wildman–Crippen LogP) is 3.21. The van der Waals surface area contributed by atoms with Crippen molar-refractivity contribution in [2.45, 2.75) is 13.0 Å². The first-order chi connectivity index (χ1) is 15.0. The van der Waals surface area contributed by atoms with E-state index in [1.54, 1.807) is 43.3 Å². The second-order valence-electron chi connectivity index (χ2n) is 6.79. The van der Waals surface area contributed by atoms with Gasteiger partial charge < -0.3 is 19.5 Å². The van der Waals surface area contributed by atoms with Crippen LogP contribution in [0.15, 0.2) is 65.9 Å². The maximum absolute atomic E-state index is 13.0. The molecule has 0 aromatic heterocycles. The van der Waals surface area contributed by atoms with Gasteiger partial charge in [0.1, 0.15) is 6.61 Å². The molecule has 0 aliphatic carbocycles. The molecule has 31 heavy (non-hydrogen) atoms. The summed E-state index contributed by atoms with van der Waals surface area (Å²) in [5.41, 5.74) is 2.37. The van der Waals surface area contributed by atoms with Crippen LogP contribution in [-0.2, 0) is 19.0 Å². The topological polar surface area (TPSA) is 94.2 Å². The highest BCUT2D eigenvalue weighted by molar-refractivity contribution is 6.03. The predicted molar refractivity (Wildman–Crippen MR) is 114 cm³/mol. The first-order valence-corrected chi connectivity index (χ1v) is 9.68. The molecule has 1 aliphatic heterocycles. The SMILES string of the molecule is COCCOC(=O)C1=C(C)N(c2ccccc2)C(=O)N[C@H]1c1ccc(C(=O)OC)cc1. The number of nitrogens with one attached hydrogen (secondary N) is 1. The lowest BCUT2D eigenvalue weighted by Crippen LogP contribution is -2.48. The third-order valence-corrected chi connectivity index (χ3v) is 4.90. The summed E-state index contributed by atoms with van der Waals surface area (Å²) in [6, 6.07) is 14.4. The molecule has 0 saturated carbocycles. The highest BCUT2D eigenvalue weighted by Crippen LogP contribution is 2.34. The quantitative estimate of drug-likeness (QED) is 0.542. The van der Waals surface area contributed by atoms with Gasteiger partial charge in [-0.05, 0) is 36.8 Å². The minimum absolute atomic E-state index is 0.0827. The molecule has 1 heterocycles. The zero-order chi connectivity index (χ0) is 22.4. The molecule has 0 unspecified atom stereocenters. The third kappa shape index (κ3) is 4.75. The number of urea groups is 1. The highest BCUT2D eigenvalue weighted by atomic mass is 16.6. The molecule has 2 aromatic rings. The highest BCUT2D eigenvalue weighted by Gasteiger charge is 2.37. The number of carbonyl (C=O) groups excluding carboxylic acids is 3. The van der Waals surface area contributed by atoms with Gasteiger partial charge in [-0.2, -0.15) is 0 Å². The number of nitrogens with zero attached hydrogens (tertiary/aromatic N) is 1. The van der Waals surface area contributed by atoms with E-state index in [0.29, 0.717) is 28.1 Å². The van der Waals surface area contributed by atoms with Gasteiger partial charge in [-0.15, -0.1) is 0 Å². The van der Waals surface area contributed by atoms with Crippen LogP contribution >= 0.6 is 0 Å². The first-order valence-electron chi connectivity index (χ1n) is 9.68. The van der Waals surface area contributed by atoms with Crippen molar-refractivity contribution in [2.75, 3.05) is 32.3 Å². The van der Waals surface area contributed by atoms with Crippen LogP contribution in [0.2, 0.25) is 0 Å². The Hall–Kier alpha value is -3.65. The Morgan fingerprint density at radius 3 is 2.26 bits per heavy atom. The fourth-order valence-corrected chi connectivity index (χ4v) is 3.37. The Labute approximate surface area is 180 Å². The molecule has 0 fully saturated rings. The van der Waals surface area contributed by atoms with E-state index in [-0.39, 0.29) is 19.2 Å². The van der Waals surface area contributed by atoms with Gasteiger partial charge in [-0.25, -0.2) is 14.4 Å². The molecule has 0 radical (unpaired) electrons. The average Bonchev–Trinajstić information content (AvgIpc) is 2.79. The molecule has 1 N–H and O–H groups in total. The molecule has 2 amide bonds. The Morgan fingerprint density at radius 2 is 1.65 bits per heavy atom. The average molecular weight is 424 g/mol. The van der Waals surface area contributed by atoms with Crippen molar-refractivity contribution >= 4 is 23.7 Å². The van der Waals surface area contributed by atoms with E-state index in [4.69, 9.17) is 14.2 Å². The summed E-state index contributed by atoms with van der Waals surface area (Å²) in [7, 11) is 2.82. The van der Waals surface area contributed by atoms with Gasteiger partial charge in [0.2, 0.25) is 0 Å². The van der Waals surface area contributed by atoms with Crippen molar-refractivity contribution in [3.63, 3.8) is 0 Å². The van der Waals surface area contributed by atoms with Crippen LogP contribution in [0, 0.1) is 0 Å². The van der Waals surface area contributed by atoms with Gasteiger partial charge in [0.05, 0.1) is 36.6 Å². The van der Waals surface area contributed by atoms with Crippen molar-refractivity contribution in [2.24, 2.45) is 0 Å².